The summed E-state index contributed by atoms with van der Waals surface area (Å²) >= 11 is 0. The molecule has 0 fully saturated rings. The van der Waals surface area contributed by atoms with E-state index in [0.717, 1.165) is 5.56 Å². The highest BCUT2D eigenvalue weighted by atomic mass is 19.1. The molecular formula is C14H12F3NO. The largest absolute Gasteiger partial charge is 0.388 e. The van der Waals surface area contributed by atoms with Gasteiger partial charge in [-0.2, -0.15) is 0 Å². The molecule has 0 saturated carbocycles. The van der Waals surface area contributed by atoms with Gasteiger partial charge in [0.25, 0.3) is 0 Å². The van der Waals surface area contributed by atoms with Crippen LogP contribution >= 0.6 is 0 Å². The molecule has 5 heteroatoms. The molecule has 19 heavy (non-hydrogen) atoms. The minimum absolute atomic E-state index is 0.0356. The van der Waals surface area contributed by atoms with Gasteiger partial charge in [-0.1, -0.05) is 6.07 Å². The molecule has 0 amide bonds. The van der Waals surface area contributed by atoms with Crippen molar-refractivity contribution >= 4 is 0 Å². The van der Waals surface area contributed by atoms with E-state index in [2.05, 4.69) is 4.98 Å². The lowest BCUT2D eigenvalue weighted by atomic mass is 10.0. The average Bonchev–Trinajstić information content (AvgIpc) is 2.30. The number of hydrogen-bond donors (Lipinski definition) is 1. The van der Waals surface area contributed by atoms with Gasteiger partial charge in [-0.25, -0.2) is 13.2 Å². The van der Waals surface area contributed by atoms with Crippen molar-refractivity contribution in [2.75, 3.05) is 0 Å². The molecule has 1 heterocycles. The van der Waals surface area contributed by atoms with Crippen LogP contribution in [0.15, 0.2) is 30.5 Å². The van der Waals surface area contributed by atoms with Crippen LogP contribution in [0.3, 0.4) is 0 Å². The summed E-state index contributed by atoms with van der Waals surface area (Å²) in [5, 5.41) is 9.91. The van der Waals surface area contributed by atoms with Crippen molar-refractivity contribution in [2.24, 2.45) is 0 Å². The van der Waals surface area contributed by atoms with Gasteiger partial charge in [0, 0.05) is 30.4 Å². The fraction of sp³-hybridized carbons (Fsp3) is 0.214. The van der Waals surface area contributed by atoms with Crippen LogP contribution in [0.25, 0.3) is 0 Å². The van der Waals surface area contributed by atoms with Gasteiger partial charge >= 0.3 is 0 Å². The first-order valence-corrected chi connectivity index (χ1v) is 5.72. The Morgan fingerprint density at radius 1 is 1.21 bits per heavy atom. The second-order valence-corrected chi connectivity index (χ2v) is 4.27. The zero-order chi connectivity index (χ0) is 14.0. The fourth-order valence-corrected chi connectivity index (χ4v) is 1.89. The molecule has 1 atom stereocenters. The van der Waals surface area contributed by atoms with Crippen LogP contribution in [0, 0.1) is 24.4 Å². The Morgan fingerprint density at radius 2 is 1.84 bits per heavy atom. The minimum Gasteiger partial charge on any atom is -0.388 e. The SMILES string of the molecule is Cc1cccnc1CC(O)c1c(F)cc(F)cc1F. The maximum absolute atomic E-state index is 13.5. The molecule has 1 aromatic carbocycles. The van der Waals surface area contributed by atoms with Crippen LogP contribution < -0.4 is 0 Å². The first-order valence-electron chi connectivity index (χ1n) is 5.72. The van der Waals surface area contributed by atoms with E-state index >= 15 is 0 Å². The Bertz CT molecular complexity index is 578. The third kappa shape index (κ3) is 2.93. The van der Waals surface area contributed by atoms with Gasteiger partial charge in [0.1, 0.15) is 17.5 Å². The Labute approximate surface area is 108 Å². The summed E-state index contributed by atoms with van der Waals surface area (Å²) in [7, 11) is 0. The zero-order valence-electron chi connectivity index (χ0n) is 10.2. The van der Waals surface area contributed by atoms with Crippen molar-refractivity contribution in [1.82, 2.24) is 4.98 Å². The first kappa shape index (κ1) is 13.5. The Morgan fingerprint density at radius 3 is 2.42 bits per heavy atom. The van der Waals surface area contributed by atoms with Crippen molar-refractivity contribution in [3.8, 4) is 0 Å². The van der Waals surface area contributed by atoms with E-state index < -0.39 is 29.1 Å². The second-order valence-electron chi connectivity index (χ2n) is 4.27. The van der Waals surface area contributed by atoms with E-state index in [4.69, 9.17) is 0 Å². The van der Waals surface area contributed by atoms with Crippen LogP contribution in [-0.2, 0) is 6.42 Å². The van der Waals surface area contributed by atoms with Gasteiger partial charge in [-0.15, -0.1) is 0 Å². The quantitative estimate of drug-likeness (QED) is 0.927. The lowest BCUT2D eigenvalue weighted by Crippen LogP contribution is -2.09. The maximum Gasteiger partial charge on any atom is 0.134 e. The molecule has 1 aromatic heterocycles. The molecule has 0 aliphatic carbocycles. The molecule has 0 radical (unpaired) electrons. The summed E-state index contributed by atoms with van der Waals surface area (Å²) in [5.41, 5.74) is 0.814. The molecule has 2 nitrogen and oxygen atoms in total. The molecule has 0 saturated heterocycles. The van der Waals surface area contributed by atoms with Crippen LogP contribution in [0.1, 0.15) is 22.9 Å². The summed E-state index contributed by atoms with van der Waals surface area (Å²) in [6.45, 7) is 1.78. The highest BCUT2D eigenvalue weighted by Gasteiger charge is 2.20. The van der Waals surface area contributed by atoms with Crippen molar-refractivity contribution in [3.63, 3.8) is 0 Å². The van der Waals surface area contributed by atoms with Gasteiger partial charge in [0.05, 0.1) is 11.7 Å². The number of halogens is 3. The monoisotopic (exact) mass is 267 g/mol. The van der Waals surface area contributed by atoms with Gasteiger partial charge in [0.2, 0.25) is 0 Å². The molecule has 0 aliphatic rings. The fourth-order valence-electron chi connectivity index (χ4n) is 1.89. The van der Waals surface area contributed by atoms with Crippen molar-refractivity contribution in [2.45, 2.75) is 19.4 Å². The highest BCUT2D eigenvalue weighted by molar-refractivity contribution is 5.26. The molecular weight excluding hydrogens is 255 g/mol. The van der Waals surface area contributed by atoms with E-state index in [1.807, 2.05) is 0 Å². The topological polar surface area (TPSA) is 33.1 Å². The van der Waals surface area contributed by atoms with Crippen molar-refractivity contribution < 1.29 is 18.3 Å². The number of benzene rings is 1. The number of aryl methyl sites for hydroxylation is 1. The number of aliphatic hydroxyl groups is 1. The summed E-state index contributed by atoms with van der Waals surface area (Å²) in [6, 6.07) is 4.61. The number of pyridine rings is 1. The number of hydrogen-bond acceptors (Lipinski definition) is 2. The van der Waals surface area contributed by atoms with Gasteiger partial charge < -0.3 is 5.11 Å². The van der Waals surface area contributed by atoms with Crippen molar-refractivity contribution in [3.05, 3.63) is 64.7 Å². The van der Waals surface area contributed by atoms with E-state index in [9.17, 15) is 18.3 Å². The Balaban J connectivity index is 2.31. The van der Waals surface area contributed by atoms with Gasteiger partial charge in [0.15, 0.2) is 0 Å². The molecule has 0 aliphatic heterocycles. The predicted octanol–water partition coefficient (Wildman–Crippen LogP) is 3.08. The standard InChI is InChI=1S/C14H12F3NO/c1-8-3-2-4-18-12(8)7-13(19)14-10(16)5-9(15)6-11(14)17/h2-6,13,19H,7H2,1H3. The third-order valence-electron chi connectivity index (χ3n) is 2.88. The van der Waals surface area contributed by atoms with Gasteiger partial charge in [-0.05, 0) is 18.6 Å². The average molecular weight is 267 g/mol. The zero-order valence-corrected chi connectivity index (χ0v) is 10.2. The predicted molar refractivity (Wildman–Crippen MR) is 64.0 cm³/mol. The van der Waals surface area contributed by atoms with Crippen LogP contribution in [0.5, 0.6) is 0 Å². The Hall–Kier alpha value is -1.88. The normalized spacial score (nSPS) is 12.5. The summed E-state index contributed by atoms with van der Waals surface area (Å²) in [6.07, 6.45) is 0.0904. The van der Waals surface area contributed by atoms with Crippen molar-refractivity contribution in [1.29, 1.82) is 0 Å². The van der Waals surface area contributed by atoms with E-state index in [-0.39, 0.29) is 6.42 Å². The van der Waals surface area contributed by atoms with Gasteiger partial charge in [-0.3, -0.25) is 4.98 Å². The first-order chi connectivity index (χ1) is 8.99. The molecule has 0 bridgehead atoms. The van der Waals surface area contributed by atoms with E-state index in [1.54, 1.807) is 19.1 Å². The summed E-state index contributed by atoms with van der Waals surface area (Å²) < 4.78 is 39.8. The number of aliphatic hydroxyl groups excluding tert-OH is 1. The summed E-state index contributed by atoms with van der Waals surface area (Å²) in [4.78, 5) is 4.04. The Kier molecular flexibility index (Phi) is 3.85. The minimum atomic E-state index is -1.41. The maximum atomic E-state index is 13.5. The summed E-state index contributed by atoms with van der Waals surface area (Å²) in [5.74, 6) is -3.21. The lowest BCUT2D eigenvalue weighted by molar-refractivity contribution is 0.166. The third-order valence-corrected chi connectivity index (χ3v) is 2.88. The smallest absolute Gasteiger partial charge is 0.134 e. The highest BCUT2D eigenvalue weighted by Crippen LogP contribution is 2.25. The molecule has 0 spiro atoms. The number of rotatable bonds is 3. The van der Waals surface area contributed by atoms with E-state index in [0.29, 0.717) is 17.8 Å². The molecule has 100 valence electrons. The number of aromatic nitrogens is 1. The molecule has 1 N–H and O–H groups in total. The second kappa shape index (κ2) is 5.40. The van der Waals surface area contributed by atoms with Crippen LogP contribution in [0.2, 0.25) is 0 Å². The number of nitrogens with zero attached hydrogens (tertiary/aromatic N) is 1. The van der Waals surface area contributed by atoms with Crippen LogP contribution in [-0.4, -0.2) is 10.1 Å². The molecule has 1 unspecified atom stereocenters. The van der Waals surface area contributed by atoms with Crippen LogP contribution in [0.4, 0.5) is 13.2 Å². The van der Waals surface area contributed by atoms with E-state index in [1.165, 1.54) is 6.20 Å². The molecule has 2 rings (SSSR count). The lowest BCUT2D eigenvalue weighted by Gasteiger charge is -2.13. The molecule has 2 aromatic rings.